The summed E-state index contributed by atoms with van der Waals surface area (Å²) in [6.07, 6.45) is 0. The van der Waals surface area contributed by atoms with E-state index in [1.807, 2.05) is 6.92 Å². The number of nitrogens with zero attached hydrogens (tertiary/aromatic N) is 1. The first-order chi connectivity index (χ1) is 9.58. The molecule has 1 heterocycles. The summed E-state index contributed by atoms with van der Waals surface area (Å²) in [4.78, 5) is 5.87. The zero-order chi connectivity index (χ0) is 14.5. The van der Waals surface area contributed by atoms with E-state index in [9.17, 15) is 0 Å². The van der Waals surface area contributed by atoms with Crippen LogP contribution in [0.1, 0.15) is 29.3 Å². The Kier molecular flexibility index (Phi) is 5.21. The van der Waals surface area contributed by atoms with Gasteiger partial charge in [0, 0.05) is 17.1 Å². The van der Waals surface area contributed by atoms with Crippen molar-refractivity contribution in [2.75, 3.05) is 6.54 Å². The molecule has 0 amide bonds. The summed E-state index contributed by atoms with van der Waals surface area (Å²) in [7, 11) is 0. The van der Waals surface area contributed by atoms with Gasteiger partial charge in [0.15, 0.2) is 0 Å². The lowest BCUT2D eigenvalue weighted by Crippen LogP contribution is -2.11. The average molecular weight is 286 g/mol. The minimum absolute atomic E-state index is 0.935. The summed E-state index contributed by atoms with van der Waals surface area (Å²) in [6, 6.07) is 10.9. The number of hydrogen-bond donors (Lipinski definition) is 1. The molecule has 2 rings (SSSR count). The maximum Gasteiger partial charge on any atom is 0.101 e. The number of aromatic nitrogens is 1. The fourth-order valence-electron chi connectivity index (χ4n) is 2.17. The standard InChI is InChI=1S/C17H22N2S/c1-5-18-11-15-6-7-16(13(3)10-15)20-17-9-12(2)8-14(4)19-17/h6-10,18H,5,11H2,1-4H3. The van der Waals surface area contributed by atoms with Crippen molar-refractivity contribution in [2.24, 2.45) is 0 Å². The molecule has 0 aliphatic carbocycles. The highest BCUT2D eigenvalue weighted by Gasteiger charge is 2.05. The second-order valence-electron chi connectivity index (χ2n) is 5.11. The van der Waals surface area contributed by atoms with Crippen LogP contribution in [0, 0.1) is 20.8 Å². The van der Waals surface area contributed by atoms with Gasteiger partial charge in [-0.2, -0.15) is 0 Å². The van der Waals surface area contributed by atoms with E-state index in [0.29, 0.717) is 0 Å². The molecule has 0 spiro atoms. The fourth-order valence-corrected chi connectivity index (χ4v) is 3.19. The third kappa shape index (κ3) is 4.09. The van der Waals surface area contributed by atoms with E-state index in [-0.39, 0.29) is 0 Å². The predicted octanol–water partition coefficient (Wildman–Crippen LogP) is 4.27. The van der Waals surface area contributed by atoms with Gasteiger partial charge in [-0.25, -0.2) is 4.98 Å². The van der Waals surface area contributed by atoms with Gasteiger partial charge in [-0.1, -0.05) is 30.8 Å². The first-order valence-corrected chi connectivity index (χ1v) is 7.83. The summed E-state index contributed by atoms with van der Waals surface area (Å²) < 4.78 is 0. The summed E-state index contributed by atoms with van der Waals surface area (Å²) in [6.45, 7) is 10.4. The van der Waals surface area contributed by atoms with Crippen LogP contribution in [0.4, 0.5) is 0 Å². The second-order valence-corrected chi connectivity index (χ2v) is 6.17. The molecule has 0 saturated carbocycles. The molecule has 0 saturated heterocycles. The topological polar surface area (TPSA) is 24.9 Å². The van der Waals surface area contributed by atoms with Crippen LogP contribution in [0.3, 0.4) is 0 Å². The van der Waals surface area contributed by atoms with Crippen molar-refractivity contribution in [3.8, 4) is 0 Å². The second kappa shape index (κ2) is 6.91. The Hall–Kier alpha value is -1.32. The molecule has 20 heavy (non-hydrogen) atoms. The molecule has 1 N–H and O–H groups in total. The number of aryl methyl sites for hydroxylation is 3. The van der Waals surface area contributed by atoms with Gasteiger partial charge in [0.05, 0.1) is 0 Å². The number of rotatable bonds is 5. The van der Waals surface area contributed by atoms with Crippen molar-refractivity contribution >= 4 is 11.8 Å². The van der Waals surface area contributed by atoms with Crippen molar-refractivity contribution in [1.29, 1.82) is 0 Å². The van der Waals surface area contributed by atoms with Gasteiger partial charge in [-0.15, -0.1) is 0 Å². The quantitative estimate of drug-likeness (QED) is 0.888. The summed E-state index contributed by atoms with van der Waals surface area (Å²) in [5.74, 6) is 0. The molecule has 0 aliphatic heterocycles. The normalized spacial score (nSPS) is 10.8. The van der Waals surface area contributed by atoms with E-state index in [4.69, 9.17) is 0 Å². The molecule has 0 bridgehead atoms. The van der Waals surface area contributed by atoms with E-state index in [1.165, 1.54) is 21.6 Å². The number of benzene rings is 1. The van der Waals surface area contributed by atoms with Crippen LogP contribution in [-0.2, 0) is 6.54 Å². The number of pyridine rings is 1. The molecule has 0 aliphatic rings. The molecule has 106 valence electrons. The zero-order valence-corrected chi connectivity index (χ0v) is 13.5. The van der Waals surface area contributed by atoms with Crippen molar-refractivity contribution in [3.63, 3.8) is 0 Å². The highest BCUT2D eigenvalue weighted by molar-refractivity contribution is 7.99. The van der Waals surface area contributed by atoms with Crippen molar-refractivity contribution < 1.29 is 0 Å². The maximum atomic E-state index is 4.59. The van der Waals surface area contributed by atoms with Gasteiger partial charge in [0.2, 0.25) is 0 Å². The summed E-state index contributed by atoms with van der Waals surface area (Å²) in [5, 5.41) is 4.43. The van der Waals surface area contributed by atoms with Crippen LogP contribution in [0.2, 0.25) is 0 Å². The fraction of sp³-hybridized carbons (Fsp3) is 0.353. The van der Waals surface area contributed by atoms with Gasteiger partial charge >= 0.3 is 0 Å². The Morgan fingerprint density at radius 1 is 1.10 bits per heavy atom. The maximum absolute atomic E-state index is 4.59. The Morgan fingerprint density at radius 2 is 1.90 bits per heavy atom. The van der Waals surface area contributed by atoms with Crippen molar-refractivity contribution in [1.82, 2.24) is 10.3 Å². The smallest absolute Gasteiger partial charge is 0.101 e. The summed E-state index contributed by atoms with van der Waals surface area (Å²) >= 11 is 1.74. The molecule has 3 heteroatoms. The first-order valence-electron chi connectivity index (χ1n) is 7.02. The minimum Gasteiger partial charge on any atom is -0.313 e. The molecule has 0 unspecified atom stereocenters. The molecule has 0 radical (unpaired) electrons. The SMILES string of the molecule is CCNCc1ccc(Sc2cc(C)cc(C)n2)c(C)c1. The van der Waals surface area contributed by atoms with Gasteiger partial charge in [-0.05, 0) is 62.2 Å². The van der Waals surface area contributed by atoms with Crippen LogP contribution < -0.4 is 5.32 Å². The van der Waals surface area contributed by atoms with Crippen LogP contribution >= 0.6 is 11.8 Å². The van der Waals surface area contributed by atoms with Gasteiger partial charge in [0.1, 0.15) is 5.03 Å². The van der Waals surface area contributed by atoms with Crippen LogP contribution in [0.25, 0.3) is 0 Å². The Balaban J connectivity index is 2.16. The first kappa shape index (κ1) is 15.1. The monoisotopic (exact) mass is 286 g/mol. The highest BCUT2D eigenvalue weighted by Crippen LogP contribution is 2.30. The van der Waals surface area contributed by atoms with E-state index >= 15 is 0 Å². The minimum atomic E-state index is 0.935. The summed E-state index contributed by atoms with van der Waals surface area (Å²) in [5.41, 5.74) is 4.99. The largest absolute Gasteiger partial charge is 0.313 e. The lowest BCUT2D eigenvalue weighted by molar-refractivity contribution is 0.726. The Bertz CT molecular complexity index is 573. The van der Waals surface area contributed by atoms with Gasteiger partial charge in [0.25, 0.3) is 0 Å². The molecular weight excluding hydrogens is 264 g/mol. The van der Waals surface area contributed by atoms with Crippen LogP contribution in [0.5, 0.6) is 0 Å². The Labute approximate surface area is 126 Å². The Morgan fingerprint density at radius 3 is 2.55 bits per heavy atom. The van der Waals surface area contributed by atoms with E-state index in [2.05, 4.69) is 61.4 Å². The van der Waals surface area contributed by atoms with Gasteiger partial charge < -0.3 is 5.32 Å². The molecular formula is C17H22N2S. The van der Waals surface area contributed by atoms with Crippen LogP contribution in [0.15, 0.2) is 40.3 Å². The van der Waals surface area contributed by atoms with E-state index < -0.39 is 0 Å². The molecule has 1 aromatic heterocycles. The molecule has 2 nitrogen and oxygen atoms in total. The molecule has 0 fully saturated rings. The molecule has 1 aromatic carbocycles. The van der Waals surface area contributed by atoms with E-state index in [1.54, 1.807) is 11.8 Å². The van der Waals surface area contributed by atoms with Crippen molar-refractivity contribution in [3.05, 3.63) is 52.7 Å². The third-order valence-corrected chi connectivity index (χ3v) is 4.20. The number of hydrogen-bond acceptors (Lipinski definition) is 3. The molecule has 2 aromatic rings. The van der Waals surface area contributed by atoms with Crippen molar-refractivity contribution in [2.45, 2.75) is 44.2 Å². The molecule has 0 atom stereocenters. The zero-order valence-electron chi connectivity index (χ0n) is 12.7. The lowest BCUT2D eigenvalue weighted by atomic mass is 10.1. The lowest BCUT2D eigenvalue weighted by Gasteiger charge is -2.09. The predicted molar refractivity (Wildman–Crippen MR) is 86.4 cm³/mol. The van der Waals surface area contributed by atoms with E-state index in [0.717, 1.165) is 23.8 Å². The number of nitrogens with one attached hydrogen (secondary N) is 1. The van der Waals surface area contributed by atoms with Crippen LogP contribution in [-0.4, -0.2) is 11.5 Å². The average Bonchev–Trinajstić information content (AvgIpc) is 2.38. The highest BCUT2D eigenvalue weighted by atomic mass is 32.2. The van der Waals surface area contributed by atoms with Gasteiger partial charge in [-0.3, -0.25) is 0 Å². The third-order valence-electron chi connectivity index (χ3n) is 3.11.